The van der Waals surface area contributed by atoms with Crippen LogP contribution in [0, 0.1) is 0 Å². The minimum Gasteiger partial charge on any atom is -0.0724 e. The standard InChI is InChI=1S/C12H34Si4/c1-13(2)12(14(3,4)5,15(6,7)8)16(9,10)11/h13H,1-11H3. The number of hydrogen-bond acceptors (Lipinski definition) is 0. The molecule has 0 saturated heterocycles. The van der Waals surface area contributed by atoms with Gasteiger partial charge in [-0.1, -0.05) is 72.0 Å². The van der Waals surface area contributed by atoms with Crippen LogP contribution in [0.2, 0.25) is 75.9 Å². The predicted molar refractivity (Wildman–Crippen MR) is 91.6 cm³/mol. The van der Waals surface area contributed by atoms with Crippen LogP contribution in [0.5, 0.6) is 0 Å². The Morgan fingerprint density at radius 2 is 0.750 bits per heavy atom. The molecule has 0 aliphatic carbocycles. The maximum absolute atomic E-state index is 2.65. The van der Waals surface area contributed by atoms with Crippen LogP contribution in [0.3, 0.4) is 0 Å². The Kier molecular flexibility index (Phi) is 4.76. The summed E-state index contributed by atoms with van der Waals surface area (Å²) in [5.41, 5.74) is 0. The first-order valence-corrected chi connectivity index (χ1v) is 20.1. The molecule has 0 heterocycles. The van der Waals surface area contributed by atoms with Crippen LogP contribution >= 0.6 is 0 Å². The minimum atomic E-state index is -1.09. The van der Waals surface area contributed by atoms with E-state index in [1.807, 2.05) is 0 Å². The molecular weight excluding hydrogens is 256 g/mol. The molecule has 0 spiro atoms. The van der Waals surface area contributed by atoms with Crippen molar-refractivity contribution in [3.8, 4) is 0 Å². The second kappa shape index (κ2) is 4.52. The second-order valence-electron chi connectivity index (χ2n) is 8.71. The van der Waals surface area contributed by atoms with Crippen LogP contribution in [-0.2, 0) is 0 Å². The molecule has 0 nitrogen and oxygen atoms in total. The third-order valence-corrected chi connectivity index (χ3v) is 39.7. The summed E-state index contributed by atoms with van der Waals surface area (Å²) < 4.78 is 0.868. The third kappa shape index (κ3) is 2.49. The smallest absolute Gasteiger partial charge is 0.0423 e. The summed E-state index contributed by atoms with van der Waals surface area (Å²) in [6, 6.07) is 0. The first-order valence-electron chi connectivity index (χ1n) is 6.69. The van der Waals surface area contributed by atoms with Gasteiger partial charge < -0.3 is 0 Å². The van der Waals surface area contributed by atoms with Crippen LogP contribution in [0.4, 0.5) is 0 Å². The summed E-state index contributed by atoms with van der Waals surface area (Å²) >= 11 is 0. The lowest BCUT2D eigenvalue weighted by molar-refractivity contribution is 1.20. The van der Waals surface area contributed by atoms with Crippen molar-refractivity contribution in [3.05, 3.63) is 0 Å². The zero-order valence-corrected chi connectivity index (χ0v) is 17.7. The molecule has 98 valence electrons. The zero-order valence-electron chi connectivity index (χ0n) is 13.6. The van der Waals surface area contributed by atoms with E-state index >= 15 is 0 Å². The molecule has 0 atom stereocenters. The molecule has 0 aromatic heterocycles. The lowest BCUT2D eigenvalue weighted by Crippen LogP contribution is -2.70. The lowest BCUT2D eigenvalue weighted by atomic mass is 11.6. The molecule has 0 saturated carbocycles. The molecule has 0 bridgehead atoms. The van der Waals surface area contributed by atoms with E-state index in [0.717, 1.165) is 3.91 Å². The van der Waals surface area contributed by atoms with Gasteiger partial charge in [0.25, 0.3) is 0 Å². The molecule has 0 aromatic carbocycles. The fraction of sp³-hybridized carbons (Fsp3) is 1.00. The fourth-order valence-electron chi connectivity index (χ4n) is 5.97. The Morgan fingerprint density at radius 1 is 0.562 bits per heavy atom. The first-order chi connectivity index (χ1) is 6.69. The van der Waals surface area contributed by atoms with Gasteiger partial charge in [0.1, 0.15) is 0 Å². The van der Waals surface area contributed by atoms with Crippen LogP contribution in [0.1, 0.15) is 0 Å². The van der Waals surface area contributed by atoms with E-state index < -0.39 is 33.0 Å². The molecular formula is C12H34Si4. The fourth-order valence-corrected chi connectivity index (χ4v) is 53.8. The van der Waals surface area contributed by atoms with E-state index in [9.17, 15) is 0 Å². The Balaban J connectivity index is 6.05. The molecule has 0 amide bonds. The summed E-state index contributed by atoms with van der Waals surface area (Å²) in [6.45, 7) is 29.1. The summed E-state index contributed by atoms with van der Waals surface area (Å²) in [5.74, 6) is 0. The van der Waals surface area contributed by atoms with Gasteiger partial charge in [0.2, 0.25) is 0 Å². The SMILES string of the molecule is C[SiH](C)C([Si](C)(C)C)([Si](C)(C)C)[Si](C)(C)C. The van der Waals surface area contributed by atoms with Gasteiger partial charge in [0.05, 0.1) is 0 Å². The monoisotopic (exact) mass is 290 g/mol. The van der Waals surface area contributed by atoms with Crippen molar-refractivity contribution in [1.82, 2.24) is 0 Å². The molecule has 0 aromatic rings. The van der Waals surface area contributed by atoms with Crippen molar-refractivity contribution >= 4 is 33.0 Å². The Morgan fingerprint density at radius 3 is 0.750 bits per heavy atom. The summed E-state index contributed by atoms with van der Waals surface area (Å²) in [5, 5.41) is 0. The quantitative estimate of drug-likeness (QED) is 0.650. The van der Waals surface area contributed by atoms with Crippen molar-refractivity contribution in [1.29, 1.82) is 0 Å². The van der Waals surface area contributed by atoms with E-state index in [-0.39, 0.29) is 0 Å². The van der Waals surface area contributed by atoms with Crippen molar-refractivity contribution in [2.45, 2.75) is 75.9 Å². The summed E-state index contributed by atoms with van der Waals surface area (Å²) in [7, 11) is -3.87. The zero-order chi connectivity index (χ0) is 13.6. The van der Waals surface area contributed by atoms with E-state index in [1.54, 1.807) is 0 Å². The Labute approximate surface area is 109 Å². The van der Waals surface area contributed by atoms with Gasteiger partial charge in [-0.3, -0.25) is 0 Å². The molecule has 16 heavy (non-hydrogen) atoms. The van der Waals surface area contributed by atoms with Crippen molar-refractivity contribution in [3.63, 3.8) is 0 Å². The molecule has 0 fully saturated rings. The van der Waals surface area contributed by atoms with Crippen molar-refractivity contribution in [2.24, 2.45) is 0 Å². The van der Waals surface area contributed by atoms with E-state index in [2.05, 4.69) is 72.0 Å². The highest BCUT2D eigenvalue weighted by molar-refractivity contribution is 7.25. The number of rotatable bonds is 4. The molecule has 0 N–H and O–H groups in total. The highest BCUT2D eigenvalue weighted by Crippen LogP contribution is 2.55. The van der Waals surface area contributed by atoms with Crippen molar-refractivity contribution < 1.29 is 0 Å². The highest BCUT2D eigenvalue weighted by atomic mass is 28.5. The van der Waals surface area contributed by atoms with Gasteiger partial charge in [-0.25, -0.2) is 0 Å². The molecule has 0 aliphatic heterocycles. The van der Waals surface area contributed by atoms with Crippen LogP contribution in [0.25, 0.3) is 0 Å². The second-order valence-corrected chi connectivity index (χ2v) is 31.0. The maximum atomic E-state index is 2.65. The normalized spacial score (nSPS) is 15.8. The largest absolute Gasteiger partial charge is 0.0724 e. The average molecular weight is 291 g/mol. The Bertz CT molecular complexity index is 201. The predicted octanol–water partition coefficient (Wildman–Crippen LogP) is 4.85. The average Bonchev–Trinajstić information content (AvgIpc) is 1.71. The van der Waals surface area contributed by atoms with Gasteiger partial charge in [0, 0.05) is 33.0 Å². The molecule has 0 radical (unpaired) electrons. The summed E-state index contributed by atoms with van der Waals surface area (Å²) in [4.78, 5) is 0. The van der Waals surface area contributed by atoms with Crippen LogP contribution in [-0.4, -0.2) is 33.0 Å². The minimum absolute atomic E-state index is 0.611. The molecule has 0 rings (SSSR count). The maximum Gasteiger partial charge on any atom is 0.0423 e. The summed E-state index contributed by atoms with van der Waals surface area (Å²) in [6.07, 6.45) is 0. The Hall–Kier alpha value is 0.868. The molecule has 0 unspecified atom stereocenters. The molecule has 0 aliphatic rings. The van der Waals surface area contributed by atoms with Gasteiger partial charge in [-0.2, -0.15) is 0 Å². The van der Waals surface area contributed by atoms with Gasteiger partial charge in [-0.15, -0.1) is 0 Å². The van der Waals surface area contributed by atoms with E-state index in [0.29, 0.717) is 0 Å². The third-order valence-electron chi connectivity index (χ3n) is 4.42. The lowest BCUT2D eigenvalue weighted by Gasteiger charge is -2.61. The van der Waals surface area contributed by atoms with Gasteiger partial charge in [-0.05, 0) is 3.91 Å². The van der Waals surface area contributed by atoms with Crippen molar-refractivity contribution in [2.75, 3.05) is 0 Å². The first kappa shape index (κ1) is 16.9. The van der Waals surface area contributed by atoms with Gasteiger partial charge in [0.15, 0.2) is 0 Å². The molecule has 4 heteroatoms. The number of hydrogen-bond donors (Lipinski definition) is 0. The van der Waals surface area contributed by atoms with Gasteiger partial charge >= 0.3 is 0 Å². The van der Waals surface area contributed by atoms with E-state index in [1.165, 1.54) is 0 Å². The topological polar surface area (TPSA) is 0 Å². The van der Waals surface area contributed by atoms with Crippen LogP contribution in [0.15, 0.2) is 0 Å². The van der Waals surface area contributed by atoms with Crippen LogP contribution < -0.4 is 0 Å². The van der Waals surface area contributed by atoms with E-state index in [4.69, 9.17) is 0 Å². The highest BCUT2D eigenvalue weighted by Gasteiger charge is 2.61.